The molecule has 0 amide bonds. The number of fused-ring (bicyclic) bond motifs is 1. The van der Waals surface area contributed by atoms with Gasteiger partial charge >= 0.3 is 0 Å². The Bertz CT molecular complexity index is 518. The summed E-state index contributed by atoms with van der Waals surface area (Å²) in [5.74, 6) is 0. The molecule has 0 spiro atoms. The topological polar surface area (TPSA) is 12.9 Å². The highest BCUT2D eigenvalue weighted by molar-refractivity contribution is 5.81. The third-order valence-electron chi connectivity index (χ3n) is 4.22. The average molecular weight is 283 g/mol. The lowest BCUT2D eigenvalue weighted by molar-refractivity contribution is 0.564. The van der Waals surface area contributed by atoms with Crippen molar-refractivity contribution < 1.29 is 0 Å². The zero-order chi connectivity index (χ0) is 14.8. The average Bonchev–Trinajstić information content (AvgIpc) is 2.53. The molecule has 0 unspecified atom stereocenters. The lowest BCUT2D eigenvalue weighted by Gasteiger charge is -2.04. The maximum Gasteiger partial charge on any atom is 0.0410 e. The predicted octanol–water partition coefficient (Wildman–Crippen LogP) is 6.31. The first kappa shape index (κ1) is 16.0. The van der Waals surface area contributed by atoms with E-state index in [-0.39, 0.29) is 0 Å². The molecule has 0 bridgehead atoms. The fraction of sp³-hybridized carbons (Fsp3) is 0.550. The molecule has 2 rings (SSSR count). The van der Waals surface area contributed by atoms with Crippen LogP contribution in [0.1, 0.15) is 70.4 Å². The molecule has 1 heterocycles. The van der Waals surface area contributed by atoms with E-state index in [9.17, 15) is 0 Å². The van der Waals surface area contributed by atoms with Crippen molar-refractivity contribution in [2.75, 3.05) is 0 Å². The summed E-state index contributed by atoms with van der Waals surface area (Å²) in [6, 6.07) is 10.7. The summed E-state index contributed by atoms with van der Waals surface area (Å²) in [5.41, 5.74) is 1.25. The lowest BCUT2D eigenvalue weighted by Crippen LogP contribution is -1.90. The van der Waals surface area contributed by atoms with Gasteiger partial charge in [-0.25, -0.2) is 0 Å². The highest BCUT2D eigenvalue weighted by Gasteiger charge is 1.98. The molecule has 0 radical (unpaired) electrons. The Morgan fingerprint density at radius 2 is 1.38 bits per heavy atom. The monoisotopic (exact) mass is 283 g/mol. The van der Waals surface area contributed by atoms with Gasteiger partial charge in [0.2, 0.25) is 0 Å². The second-order valence-corrected chi connectivity index (χ2v) is 6.10. The van der Waals surface area contributed by atoms with E-state index in [4.69, 9.17) is 0 Å². The van der Waals surface area contributed by atoms with E-state index in [0.717, 1.165) is 6.42 Å². The molecular formula is C20H29N. The van der Waals surface area contributed by atoms with Gasteiger partial charge in [0.15, 0.2) is 0 Å². The van der Waals surface area contributed by atoms with Crippen LogP contribution in [0.5, 0.6) is 0 Å². The van der Waals surface area contributed by atoms with E-state index >= 15 is 0 Å². The first-order valence-electron chi connectivity index (χ1n) is 8.74. The number of hydrogen-bond donors (Lipinski definition) is 0. The fourth-order valence-electron chi connectivity index (χ4n) is 2.88. The van der Waals surface area contributed by atoms with Crippen LogP contribution in [0.4, 0.5) is 0 Å². The summed E-state index contributed by atoms with van der Waals surface area (Å²) in [5, 5.41) is 2.56. The van der Waals surface area contributed by atoms with Crippen LogP contribution in [0.2, 0.25) is 0 Å². The van der Waals surface area contributed by atoms with Gasteiger partial charge in [0.1, 0.15) is 0 Å². The minimum absolute atomic E-state index is 1.13. The first-order chi connectivity index (χ1) is 10.4. The number of pyridine rings is 1. The van der Waals surface area contributed by atoms with E-state index in [1.165, 1.54) is 74.3 Å². The van der Waals surface area contributed by atoms with Gasteiger partial charge in [-0.05, 0) is 24.3 Å². The fourth-order valence-corrected chi connectivity index (χ4v) is 2.88. The maximum atomic E-state index is 4.57. The highest BCUT2D eigenvalue weighted by Crippen LogP contribution is 2.15. The molecule has 0 aliphatic rings. The standard InChI is InChI=1S/C20H29N/c1-2-3-4-5-6-7-8-9-10-15-20-16-18-13-11-12-14-19(18)17-21-20/h11-14,16-17H,2-10,15H2,1H3. The van der Waals surface area contributed by atoms with Crippen molar-refractivity contribution in [1.29, 1.82) is 0 Å². The lowest BCUT2D eigenvalue weighted by atomic mass is 10.0. The number of rotatable bonds is 10. The van der Waals surface area contributed by atoms with Crippen molar-refractivity contribution >= 4 is 10.8 Å². The Morgan fingerprint density at radius 3 is 2.10 bits per heavy atom. The minimum atomic E-state index is 1.13. The third kappa shape index (κ3) is 5.87. The van der Waals surface area contributed by atoms with E-state index in [1.807, 2.05) is 6.20 Å². The second-order valence-electron chi connectivity index (χ2n) is 6.10. The smallest absolute Gasteiger partial charge is 0.0410 e. The number of hydrogen-bond acceptors (Lipinski definition) is 1. The molecule has 0 N–H and O–H groups in total. The second kappa shape index (κ2) is 9.55. The van der Waals surface area contributed by atoms with Crippen LogP contribution in [0.25, 0.3) is 10.8 Å². The number of benzene rings is 1. The molecular weight excluding hydrogens is 254 g/mol. The summed E-state index contributed by atoms with van der Waals surface area (Å²) in [4.78, 5) is 4.57. The van der Waals surface area contributed by atoms with Crippen molar-refractivity contribution in [3.05, 3.63) is 42.2 Å². The van der Waals surface area contributed by atoms with Crippen LogP contribution in [0.15, 0.2) is 36.5 Å². The molecule has 1 heteroatoms. The van der Waals surface area contributed by atoms with Crippen molar-refractivity contribution in [3.63, 3.8) is 0 Å². The summed E-state index contributed by atoms with van der Waals surface area (Å²) in [6.45, 7) is 2.28. The molecule has 21 heavy (non-hydrogen) atoms. The molecule has 0 saturated heterocycles. The minimum Gasteiger partial charge on any atom is -0.261 e. The van der Waals surface area contributed by atoms with Gasteiger partial charge in [0.05, 0.1) is 0 Å². The number of aryl methyl sites for hydroxylation is 1. The Balaban J connectivity index is 1.59. The number of aromatic nitrogens is 1. The SMILES string of the molecule is CCCCCCCCCCCc1cc2ccccc2cn1. The van der Waals surface area contributed by atoms with Gasteiger partial charge in [0, 0.05) is 17.3 Å². The van der Waals surface area contributed by atoms with Crippen LogP contribution in [0, 0.1) is 0 Å². The van der Waals surface area contributed by atoms with Crippen molar-refractivity contribution in [2.45, 2.75) is 71.1 Å². The third-order valence-corrected chi connectivity index (χ3v) is 4.22. The van der Waals surface area contributed by atoms with Crippen molar-refractivity contribution in [3.8, 4) is 0 Å². The number of nitrogens with zero attached hydrogens (tertiary/aromatic N) is 1. The molecule has 0 atom stereocenters. The van der Waals surface area contributed by atoms with Gasteiger partial charge in [0.25, 0.3) is 0 Å². The molecule has 0 aliphatic heterocycles. The molecule has 1 aromatic carbocycles. The van der Waals surface area contributed by atoms with E-state index in [1.54, 1.807) is 0 Å². The zero-order valence-electron chi connectivity index (χ0n) is 13.5. The normalized spacial score (nSPS) is 11.1. The Labute approximate surface area is 129 Å². The first-order valence-corrected chi connectivity index (χ1v) is 8.74. The van der Waals surface area contributed by atoms with Crippen LogP contribution in [0.3, 0.4) is 0 Å². The highest BCUT2D eigenvalue weighted by atomic mass is 14.7. The molecule has 2 aromatic rings. The van der Waals surface area contributed by atoms with Crippen molar-refractivity contribution in [2.24, 2.45) is 0 Å². The molecule has 0 aliphatic carbocycles. The number of unbranched alkanes of at least 4 members (excludes halogenated alkanes) is 8. The van der Waals surface area contributed by atoms with Gasteiger partial charge in [-0.15, -0.1) is 0 Å². The van der Waals surface area contributed by atoms with Gasteiger partial charge < -0.3 is 0 Å². The largest absolute Gasteiger partial charge is 0.261 e. The van der Waals surface area contributed by atoms with E-state index in [2.05, 4.69) is 42.2 Å². The van der Waals surface area contributed by atoms with E-state index in [0.29, 0.717) is 0 Å². The summed E-state index contributed by atoms with van der Waals surface area (Å²) in [6.07, 6.45) is 15.6. The zero-order valence-corrected chi connectivity index (χ0v) is 13.5. The Morgan fingerprint density at radius 1 is 0.762 bits per heavy atom. The maximum absolute atomic E-state index is 4.57. The van der Waals surface area contributed by atoms with Crippen molar-refractivity contribution in [1.82, 2.24) is 4.98 Å². The predicted molar refractivity (Wildman–Crippen MR) is 92.7 cm³/mol. The van der Waals surface area contributed by atoms with Crippen LogP contribution >= 0.6 is 0 Å². The Kier molecular flexibility index (Phi) is 7.28. The summed E-state index contributed by atoms with van der Waals surface area (Å²) < 4.78 is 0. The molecule has 114 valence electrons. The summed E-state index contributed by atoms with van der Waals surface area (Å²) in [7, 11) is 0. The van der Waals surface area contributed by atoms with Crippen LogP contribution < -0.4 is 0 Å². The molecule has 0 fully saturated rings. The van der Waals surface area contributed by atoms with Gasteiger partial charge in [-0.3, -0.25) is 4.98 Å². The van der Waals surface area contributed by atoms with Crippen LogP contribution in [-0.2, 0) is 6.42 Å². The van der Waals surface area contributed by atoms with Gasteiger partial charge in [-0.2, -0.15) is 0 Å². The van der Waals surface area contributed by atoms with Crippen LogP contribution in [-0.4, -0.2) is 4.98 Å². The van der Waals surface area contributed by atoms with Gasteiger partial charge in [-0.1, -0.05) is 82.6 Å². The van der Waals surface area contributed by atoms with E-state index < -0.39 is 0 Å². The molecule has 0 saturated carbocycles. The molecule has 1 aromatic heterocycles. The Hall–Kier alpha value is -1.37. The summed E-state index contributed by atoms with van der Waals surface area (Å²) >= 11 is 0. The quantitative estimate of drug-likeness (QED) is 0.466. The molecule has 1 nitrogen and oxygen atoms in total.